The number of nitrogens with zero attached hydrogens (tertiary/aromatic N) is 1. The van der Waals surface area contributed by atoms with E-state index in [0.29, 0.717) is 18.9 Å². The van der Waals surface area contributed by atoms with Crippen molar-refractivity contribution in [1.82, 2.24) is 0 Å². The minimum absolute atomic E-state index is 0.00206. The Kier molecular flexibility index (Phi) is 5.01. The number of anilines is 1. The summed E-state index contributed by atoms with van der Waals surface area (Å²) in [6, 6.07) is 4.93. The number of ether oxygens (including phenoxy) is 1. The van der Waals surface area contributed by atoms with E-state index in [-0.39, 0.29) is 11.2 Å². The minimum atomic E-state index is -0.414. The average molecular weight is 293 g/mol. The topological polar surface area (TPSA) is 90.4 Å². The predicted molar refractivity (Wildman–Crippen MR) is 82.8 cm³/mol. The zero-order valence-electron chi connectivity index (χ0n) is 12.4. The molecule has 2 rings (SSSR count). The lowest BCUT2D eigenvalue weighted by molar-refractivity contribution is -0.385. The molecule has 0 amide bonds. The van der Waals surface area contributed by atoms with E-state index in [1.165, 1.54) is 6.07 Å². The zero-order chi connectivity index (χ0) is 15.3. The van der Waals surface area contributed by atoms with Gasteiger partial charge in [0.25, 0.3) is 0 Å². The molecule has 21 heavy (non-hydrogen) atoms. The van der Waals surface area contributed by atoms with E-state index < -0.39 is 4.92 Å². The predicted octanol–water partition coefficient (Wildman–Crippen LogP) is 3.07. The Hall–Kier alpha value is -1.82. The summed E-state index contributed by atoms with van der Waals surface area (Å²) in [5.41, 5.74) is 6.66. The Morgan fingerprint density at radius 2 is 2.14 bits per heavy atom. The Morgan fingerprint density at radius 3 is 2.71 bits per heavy atom. The van der Waals surface area contributed by atoms with Crippen LogP contribution in [0.1, 0.15) is 39.0 Å². The van der Waals surface area contributed by atoms with Crippen molar-refractivity contribution in [1.29, 1.82) is 0 Å². The van der Waals surface area contributed by atoms with Crippen LogP contribution in [0.5, 0.6) is 5.75 Å². The summed E-state index contributed by atoms with van der Waals surface area (Å²) in [5, 5.41) is 14.5. The van der Waals surface area contributed by atoms with Gasteiger partial charge in [-0.2, -0.15) is 0 Å². The third kappa shape index (κ3) is 3.64. The second kappa shape index (κ2) is 6.76. The highest BCUT2D eigenvalue weighted by Gasteiger charge is 2.32. The lowest BCUT2D eigenvalue weighted by Gasteiger charge is -2.30. The van der Waals surface area contributed by atoms with Crippen molar-refractivity contribution in [2.45, 2.75) is 44.6 Å². The van der Waals surface area contributed by atoms with Gasteiger partial charge in [-0.05, 0) is 25.3 Å². The number of nitro groups is 1. The van der Waals surface area contributed by atoms with Crippen LogP contribution in [-0.4, -0.2) is 23.6 Å². The normalized spacial score (nSPS) is 16.7. The van der Waals surface area contributed by atoms with Gasteiger partial charge >= 0.3 is 5.69 Å². The minimum Gasteiger partial charge on any atom is -0.487 e. The van der Waals surface area contributed by atoms with E-state index in [4.69, 9.17) is 10.5 Å². The molecule has 6 nitrogen and oxygen atoms in total. The maximum Gasteiger partial charge on any atom is 0.311 e. The van der Waals surface area contributed by atoms with Gasteiger partial charge in [0.1, 0.15) is 0 Å². The molecular weight excluding hydrogens is 270 g/mol. The number of benzene rings is 1. The molecule has 1 aromatic rings. The fourth-order valence-electron chi connectivity index (χ4n) is 2.81. The Bertz CT molecular complexity index is 499. The number of hydrogen-bond acceptors (Lipinski definition) is 5. The van der Waals surface area contributed by atoms with Crippen LogP contribution in [0.3, 0.4) is 0 Å². The molecule has 1 fully saturated rings. The van der Waals surface area contributed by atoms with Crippen molar-refractivity contribution in [3.8, 4) is 5.75 Å². The fraction of sp³-hybridized carbons (Fsp3) is 0.600. The summed E-state index contributed by atoms with van der Waals surface area (Å²) in [4.78, 5) is 10.6. The van der Waals surface area contributed by atoms with Gasteiger partial charge in [-0.1, -0.05) is 19.8 Å². The van der Waals surface area contributed by atoms with E-state index in [0.717, 1.165) is 37.8 Å². The van der Waals surface area contributed by atoms with E-state index in [1.54, 1.807) is 12.1 Å². The van der Waals surface area contributed by atoms with Crippen LogP contribution in [-0.2, 0) is 0 Å². The van der Waals surface area contributed by atoms with Crippen LogP contribution in [0.25, 0.3) is 0 Å². The van der Waals surface area contributed by atoms with E-state index in [1.807, 2.05) is 6.92 Å². The molecule has 0 unspecified atom stereocenters. The monoisotopic (exact) mass is 293 g/mol. The molecule has 1 saturated carbocycles. The van der Waals surface area contributed by atoms with Crippen LogP contribution < -0.4 is 15.8 Å². The number of hydrogen-bond donors (Lipinski definition) is 2. The summed E-state index contributed by atoms with van der Waals surface area (Å²) >= 11 is 0. The van der Waals surface area contributed by atoms with Gasteiger partial charge in [0, 0.05) is 29.9 Å². The average Bonchev–Trinajstić information content (AvgIpc) is 2.94. The molecule has 1 aromatic carbocycles. The number of nitrogens with one attached hydrogen (secondary N) is 1. The van der Waals surface area contributed by atoms with E-state index in [9.17, 15) is 10.1 Å². The molecular formula is C15H23N3O3. The van der Waals surface area contributed by atoms with E-state index in [2.05, 4.69) is 5.32 Å². The van der Waals surface area contributed by atoms with Crippen molar-refractivity contribution in [2.24, 2.45) is 5.73 Å². The lowest BCUT2D eigenvalue weighted by atomic mass is 9.97. The van der Waals surface area contributed by atoms with Crippen LogP contribution in [0.15, 0.2) is 18.2 Å². The molecule has 0 saturated heterocycles. The third-order valence-corrected chi connectivity index (χ3v) is 3.98. The summed E-state index contributed by atoms with van der Waals surface area (Å²) in [7, 11) is 0. The maximum atomic E-state index is 11.0. The SMILES string of the molecule is CCCOc1cc(NC2(CN)CCCC2)ccc1[N+](=O)[O-]. The Morgan fingerprint density at radius 1 is 1.43 bits per heavy atom. The van der Waals surface area contributed by atoms with Gasteiger partial charge in [0.15, 0.2) is 5.75 Å². The van der Waals surface area contributed by atoms with Gasteiger partial charge in [-0.25, -0.2) is 0 Å². The molecule has 3 N–H and O–H groups in total. The zero-order valence-corrected chi connectivity index (χ0v) is 12.4. The van der Waals surface area contributed by atoms with Gasteiger partial charge in [-0.3, -0.25) is 10.1 Å². The highest BCUT2D eigenvalue weighted by molar-refractivity contribution is 5.59. The standard InChI is InChI=1S/C15H23N3O3/c1-2-9-21-14-10-12(5-6-13(14)18(19)20)17-15(11-16)7-3-4-8-15/h5-6,10,17H,2-4,7-9,11,16H2,1H3. The maximum absolute atomic E-state index is 11.0. The first-order valence-electron chi connectivity index (χ1n) is 7.50. The highest BCUT2D eigenvalue weighted by atomic mass is 16.6. The summed E-state index contributed by atoms with van der Waals surface area (Å²) < 4.78 is 5.51. The molecule has 116 valence electrons. The van der Waals surface area contributed by atoms with Crippen molar-refractivity contribution in [2.75, 3.05) is 18.5 Å². The molecule has 0 heterocycles. The third-order valence-electron chi connectivity index (χ3n) is 3.98. The quantitative estimate of drug-likeness (QED) is 0.595. The molecule has 0 radical (unpaired) electrons. The molecule has 0 spiro atoms. The molecule has 1 aliphatic rings. The Labute approximate surface area is 124 Å². The van der Waals surface area contributed by atoms with Crippen LogP contribution in [0.2, 0.25) is 0 Å². The van der Waals surface area contributed by atoms with Crippen molar-refractivity contribution in [3.05, 3.63) is 28.3 Å². The van der Waals surface area contributed by atoms with Crippen LogP contribution in [0.4, 0.5) is 11.4 Å². The highest BCUT2D eigenvalue weighted by Crippen LogP contribution is 2.35. The first-order chi connectivity index (χ1) is 10.1. The first kappa shape index (κ1) is 15.6. The molecule has 6 heteroatoms. The number of nitrogens with two attached hydrogens (primary N) is 1. The molecule has 0 atom stereocenters. The van der Waals surface area contributed by atoms with Gasteiger partial charge in [0.2, 0.25) is 0 Å². The molecule has 0 aliphatic heterocycles. The first-order valence-corrected chi connectivity index (χ1v) is 7.50. The van der Waals surface area contributed by atoms with Crippen molar-refractivity contribution < 1.29 is 9.66 Å². The van der Waals surface area contributed by atoms with Gasteiger partial charge < -0.3 is 15.8 Å². The fourth-order valence-corrected chi connectivity index (χ4v) is 2.81. The van der Waals surface area contributed by atoms with Crippen molar-refractivity contribution >= 4 is 11.4 Å². The molecule has 0 bridgehead atoms. The number of nitro benzene ring substituents is 1. The van der Waals surface area contributed by atoms with E-state index >= 15 is 0 Å². The smallest absolute Gasteiger partial charge is 0.311 e. The summed E-state index contributed by atoms with van der Waals surface area (Å²) in [6.07, 6.45) is 5.20. The van der Waals surface area contributed by atoms with Crippen LogP contribution in [0, 0.1) is 10.1 Å². The lowest BCUT2D eigenvalue weighted by Crippen LogP contribution is -2.42. The van der Waals surface area contributed by atoms with Gasteiger partial charge in [-0.15, -0.1) is 0 Å². The molecule has 1 aliphatic carbocycles. The second-order valence-corrected chi connectivity index (χ2v) is 5.60. The molecule has 0 aromatic heterocycles. The summed E-state index contributed by atoms with van der Waals surface area (Å²) in [6.45, 7) is 3.00. The largest absolute Gasteiger partial charge is 0.487 e. The Balaban J connectivity index is 2.22. The number of rotatable bonds is 7. The van der Waals surface area contributed by atoms with Crippen molar-refractivity contribution in [3.63, 3.8) is 0 Å². The summed E-state index contributed by atoms with van der Waals surface area (Å²) in [5.74, 6) is 0.317. The van der Waals surface area contributed by atoms with Crippen LogP contribution >= 0.6 is 0 Å². The van der Waals surface area contributed by atoms with Gasteiger partial charge in [0.05, 0.1) is 11.5 Å². The second-order valence-electron chi connectivity index (χ2n) is 5.60.